The SMILES string of the molecule is C=CCCCCCC[N+]([O-])(CCCCCCC=C)CCCCCCC=C. The van der Waals surface area contributed by atoms with Crippen LogP contribution in [0.3, 0.4) is 0 Å². The number of hydroxylamine groups is 3. The summed E-state index contributed by atoms with van der Waals surface area (Å²) in [6.07, 6.45) is 23.4. The average Bonchev–Trinajstić information content (AvgIpc) is 2.64. The first-order chi connectivity index (χ1) is 12.7. The zero-order chi connectivity index (χ0) is 19.3. The quantitative estimate of drug-likeness (QED) is 0.0886. The molecule has 0 radical (unpaired) electrons. The Balaban J connectivity index is 4.07. The summed E-state index contributed by atoms with van der Waals surface area (Å²) in [7, 11) is 0. The molecule has 0 atom stereocenters. The maximum Gasteiger partial charge on any atom is 0.0783 e. The molecule has 0 fully saturated rings. The molecule has 0 aliphatic rings. The van der Waals surface area contributed by atoms with E-state index in [1.807, 2.05) is 18.2 Å². The lowest BCUT2D eigenvalue weighted by Crippen LogP contribution is -2.44. The van der Waals surface area contributed by atoms with Crippen molar-refractivity contribution < 1.29 is 4.65 Å². The molecule has 0 heterocycles. The van der Waals surface area contributed by atoms with Gasteiger partial charge in [0, 0.05) is 0 Å². The van der Waals surface area contributed by atoms with E-state index in [4.69, 9.17) is 0 Å². The summed E-state index contributed by atoms with van der Waals surface area (Å²) in [5.41, 5.74) is 0. The van der Waals surface area contributed by atoms with Crippen molar-refractivity contribution in [2.24, 2.45) is 0 Å². The van der Waals surface area contributed by atoms with Crippen LogP contribution in [0.4, 0.5) is 0 Å². The number of hydrogen-bond acceptors (Lipinski definition) is 1. The van der Waals surface area contributed by atoms with Crippen LogP contribution >= 0.6 is 0 Å². The van der Waals surface area contributed by atoms with E-state index in [1.165, 1.54) is 57.8 Å². The monoisotopic (exact) mass is 363 g/mol. The van der Waals surface area contributed by atoms with Crippen LogP contribution in [0.15, 0.2) is 38.0 Å². The minimum absolute atomic E-state index is 0.0460. The Morgan fingerprint density at radius 3 is 1.00 bits per heavy atom. The lowest BCUT2D eigenvalue weighted by molar-refractivity contribution is -0.881. The molecular formula is C24H45NO. The lowest BCUT2D eigenvalue weighted by atomic mass is 10.1. The molecule has 0 amide bonds. The zero-order valence-electron chi connectivity index (χ0n) is 17.4. The predicted molar refractivity (Wildman–Crippen MR) is 118 cm³/mol. The Hall–Kier alpha value is -0.860. The maximum absolute atomic E-state index is 13.3. The van der Waals surface area contributed by atoms with Gasteiger partial charge in [0.1, 0.15) is 0 Å². The third-order valence-electron chi connectivity index (χ3n) is 5.17. The number of hydrogen-bond donors (Lipinski definition) is 0. The highest BCUT2D eigenvalue weighted by Gasteiger charge is 2.15. The highest BCUT2D eigenvalue weighted by atomic mass is 16.5. The van der Waals surface area contributed by atoms with Crippen molar-refractivity contribution in [1.29, 1.82) is 0 Å². The van der Waals surface area contributed by atoms with Gasteiger partial charge < -0.3 is 9.85 Å². The van der Waals surface area contributed by atoms with Crippen LogP contribution in [0.5, 0.6) is 0 Å². The molecule has 0 rings (SSSR count). The fourth-order valence-corrected chi connectivity index (χ4v) is 3.46. The van der Waals surface area contributed by atoms with Crippen LogP contribution in [0.1, 0.15) is 96.3 Å². The van der Waals surface area contributed by atoms with E-state index >= 15 is 0 Å². The molecule has 26 heavy (non-hydrogen) atoms. The van der Waals surface area contributed by atoms with Crippen molar-refractivity contribution in [3.8, 4) is 0 Å². The van der Waals surface area contributed by atoms with Gasteiger partial charge >= 0.3 is 0 Å². The van der Waals surface area contributed by atoms with Gasteiger partial charge in [0.25, 0.3) is 0 Å². The van der Waals surface area contributed by atoms with E-state index < -0.39 is 0 Å². The van der Waals surface area contributed by atoms with Crippen molar-refractivity contribution in [2.45, 2.75) is 96.3 Å². The number of unbranched alkanes of at least 4 members (excludes halogenated alkanes) is 12. The number of quaternary nitrogens is 1. The number of nitrogens with zero attached hydrogens (tertiary/aromatic N) is 1. The smallest absolute Gasteiger partial charge is 0.0783 e. The van der Waals surface area contributed by atoms with Crippen LogP contribution in [0.2, 0.25) is 0 Å². The summed E-state index contributed by atoms with van der Waals surface area (Å²) < 4.78 is 0.0460. The molecule has 0 bridgehead atoms. The second kappa shape index (κ2) is 18.9. The molecule has 0 aliphatic carbocycles. The van der Waals surface area contributed by atoms with Crippen LogP contribution in [0, 0.1) is 5.21 Å². The summed E-state index contributed by atoms with van der Waals surface area (Å²) in [6.45, 7) is 13.8. The van der Waals surface area contributed by atoms with Gasteiger partial charge in [0.2, 0.25) is 0 Å². The molecule has 0 aliphatic heterocycles. The first-order valence-corrected chi connectivity index (χ1v) is 11.1. The van der Waals surface area contributed by atoms with Crippen molar-refractivity contribution in [1.82, 2.24) is 0 Å². The number of allylic oxidation sites excluding steroid dienone is 3. The van der Waals surface area contributed by atoms with Gasteiger partial charge in [-0.2, -0.15) is 0 Å². The average molecular weight is 364 g/mol. The molecule has 2 nitrogen and oxygen atoms in total. The fourth-order valence-electron chi connectivity index (χ4n) is 3.46. The van der Waals surface area contributed by atoms with Gasteiger partial charge in [-0.3, -0.25) is 0 Å². The molecule has 152 valence electrons. The van der Waals surface area contributed by atoms with Gasteiger partial charge in [-0.05, 0) is 77.0 Å². The summed E-state index contributed by atoms with van der Waals surface area (Å²) >= 11 is 0. The molecule has 0 unspecified atom stereocenters. The van der Waals surface area contributed by atoms with Crippen molar-refractivity contribution in [3.63, 3.8) is 0 Å². The topological polar surface area (TPSA) is 23.1 Å². The molecule has 0 aromatic carbocycles. The minimum atomic E-state index is 0.0460. The second-order valence-electron chi connectivity index (χ2n) is 7.70. The van der Waals surface area contributed by atoms with E-state index in [0.717, 1.165) is 58.2 Å². The maximum atomic E-state index is 13.3. The minimum Gasteiger partial charge on any atom is -0.633 e. The summed E-state index contributed by atoms with van der Waals surface area (Å²) in [5.74, 6) is 0. The van der Waals surface area contributed by atoms with Gasteiger partial charge in [-0.15, -0.1) is 19.7 Å². The van der Waals surface area contributed by atoms with E-state index in [1.54, 1.807) is 0 Å². The normalized spacial score (nSPS) is 11.4. The summed E-state index contributed by atoms with van der Waals surface area (Å²) in [4.78, 5) is 0. The third-order valence-corrected chi connectivity index (χ3v) is 5.17. The summed E-state index contributed by atoms with van der Waals surface area (Å²) in [6, 6.07) is 0. The standard InChI is InChI=1S/C24H45NO/c1-4-7-10-13-16-19-22-25(26,23-20-17-14-11-8-5-2)24-21-18-15-12-9-6-3/h4-6H,1-3,7-24H2. The predicted octanol–water partition coefficient (Wildman–Crippen LogP) is 7.71. The Labute approximate surface area is 164 Å². The van der Waals surface area contributed by atoms with Crippen molar-refractivity contribution in [2.75, 3.05) is 19.6 Å². The van der Waals surface area contributed by atoms with Gasteiger partial charge in [-0.1, -0.05) is 37.5 Å². The first-order valence-electron chi connectivity index (χ1n) is 11.1. The molecule has 0 aromatic rings. The second-order valence-corrected chi connectivity index (χ2v) is 7.70. The van der Waals surface area contributed by atoms with Crippen LogP contribution in [-0.4, -0.2) is 24.3 Å². The largest absolute Gasteiger partial charge is 0.633 e. The van der Waals surface area contributed by atoms with Crippen LogP contribution < -0.4 is 0 Å². The molecule has 0 saturated heterocycles. The molecule has 2 heteroatoms. The summed E-state index contributed by atoms with van der Waals surface area (Å²) in [5, 5.41) is 13.3. The highest BCUT2D eigenvalue weighted by Crippen LogP contribution is 2.16. The molecule has 0 N–H and O–H groups in total. The first kappa shape index (κ1) is 25.1. The fraction of sp³-hybridized carbons (Fsp3) is 0.750. The Morgan fingerprint density at radius 1 is 0.462 bits per heavy atom. The molecule has 0 saturated carbocycles. The third kappa shape index (κ3) is 16.6. The number of rotatable bonds is 21. The van der Waals surface area contributed by atoms with Gasteiger partial charge in [0.05, 0.1) is 19.6 Å². The van der Waals surface area contributed by atoms with E-state index in [0.29, 0.717) is 0 Å². The van der Waals surface area contributed by atoms with Gasteiger partial charge in [-0.25, -0.2) is 0 Å². The Kier molecular flexibility index (Phi) is 18.3. The molecule has 0 aromatic heterocycles. The Morgan fingerprint density at radius 2 is 0.731 bits per heavy atom. The van der Waals surface area contributed by atoms with Crippen LogP contribution in [-0.2, 0) is 0 Å². The zero-order valence-corrected chi connectivity index (χ0v) is 17.4. The molecular weight excluding hydrogens is 318 g/mol. The van der Waals surface area contributed by atoms with Crippen molar-refractivity contribution >= 4 is 0 Å². The van der Waals surface area contributed by atoms with E-state index in [9.17, 15) is 5.21 Å². The van der Waals surface area contributed by atoms with E-state index in [-0.39, 0.29) is 4.65 Å². The molecule has 0 spiro atoms. The Bertz CT molecular complexity index is 287. The van der Waals surface area contributed by atoms with Crippen LogP contribution in [0.25, 0.3) is 0 Å². The highest BCUT2D eigenvalue weighted by molar-refractivity contribution is 4.66. The van der Waals surface area contributed by atoms with Crippen molar-refractivity contribution in [3.05, 3.63) is 43.2 Å². The van der Waals surface area contributed by atoms with E-state index in [2.05, 4.69) is 19.7 Å². The van der Waals surface area contributed by atoms with Gasteiger partial charge in [0.15, 0.2) is 0 Å². The lowest BCUT2D eigenvalue weighted by Gasteiger charge is -2.43.